The van der Waals surface area contributed by atoms with Gasteiger partial charge in [0.25, 0.3) is 0 Å². The minimum atomic E-state index is -7.41. The Morgan fingerprint density at radius 3 is 1.62 bits per heavy atom. The summed E-state index contributed by atoms with van der Waals surface area (Å²) in [6.45, 7) is 0. The molecule has 0 radical (unpaired) electrons. The van der Waals surface area contributed by atoms with E-state index in [-0.39, 0.29) is 12.1 Å². The fraction of sp³-hybridized carbons (Fsp3) is 0.417. The molecule has 1 nitrogen and oxygen atoms in total. The summed E-state index contributed by atoms with van der Waals surface area (Å²) in [5.41, 5.74) is -4.58. The minimum Gasteiger partial charge on any atom is -0.287 e. The number of carbonyl (C=O) groups excluding carboxylic acids is 1. The molecule has 0 aliphatic rings. The molecule has 0 fully saturated rings. The number of hydrogen-bond donors (Lipinski definition) is 0. The van der Waals surface area contributed by atoms with Gasteiger partial charge in [-0.3, -0.25) is 4.79 Å². The molecule has 0 atom stereocenters. The highest BCUT2D eigenvalue weighted by Gasteiger charge is 2.83. The summed E-state index contributed by atoms with van der Waals surface area (Å²) in [7, 11) is 0. The Morgan fingerprint density at radius 2 is 1.23 bits per heavy atom. The first-order chi connectivity index (χ1) is 11.3. The van der Waals surface area contributed by atoms with Crippen LogP contribution in [0.2, 0.25) is 5.02 Å². The Kier molecular flexibility index (Phi) is 5.34. The van der Waals surface area contributed by atoms with Crippen LogP contribution >= 0.6 is 11.6 Å². The molecule has 0 aliphatic carbocycles. The van der Waals surface area contributed by atoms with E-state index < -0.39 is 52.1 Å². The van der Waals surface area contributed by atoms with Crippen LogP contribution in [0.1, 0.15) is 15.9 Å². The molecule has 0 saturated carbocycles. The third-order valence-electron chi connectivity index (χ3n) is 2.96. The van der Waals surface area contributed by atoms with Crippen LogP contribution in [-0.4, -0.2) is 29.7 Å². The van der Waals surface area contributed by atoms with Gasteiger partial charge in [0, 0.05) is 10.6 Å². The molecule has 148 valence electrons. The summed E-state index contributed by atoms with van der Waals surface area (Å²) in [6.07, 6.45) is -12.8. The van der Waals surface area contributed by atoms with Crippen LogP contribution < -0.4 is 0 Å². The zero-order chi connectivity index (χ0) is 20.9. The van der Waals surface area contributed by atoms with E-state index in [1.165, 1.54) is 0 Å². The van der Waals surface area contributed by atoms with Gasteiger partial charge in [0.15, 0.2) is 0 Å². The van der Waals surface area contributed by atoms with Crippen molar-refractivity contribution < 1.29 is 57.5 Å². The Bertz CT molecular complexity index is 703. The maximum atomic E-state index is 13.5. The van der Waals surface area contributed by atoms with E-state index in [0.717, 1.165) is 0 Å². The van der Waals surface area contributed by atoms with Gasteiger partial charge in [-0.2, -0.15) is 52.7 Å². The van der Waals surface area contributed by atoms with Crippen molar-refractivity contribution >= 4 is 17.4 Å². The molecule has 0 aliphatic heterocycles. The van der Waals surface area contributed by atoms with Crippen molar-refractivity contribution in [2.75, 3.05) is 0 Å². The Balaban J connectivity index is 3.59. The smallest absolute Gasteiger partial charge is 0.287 e. The largest absolute Gasteiger partial charge is 0.460 e. The molecule has 14 heteroatoms. The highest BCUT2D eigenvalue weighted by atomic mass is 35.5. The first-order valence-electron chi connectivity index (χ1n) is 5.90. The van der Waals surface area contributed by atoms with Crippen molar-refractivity contribution in [1.29, 1.82) is 0 Å². The van der Waals surface area contributed by atoms with Crippen LogP contribution in [0.3, 0.4) is 0 Å². The molecule has 1 aromatic rings. The molecular formula is C12H3ClF12O. The number of hydrogen-bond acceptors (Lipinski definition) is 1. The van der Waals surface area contributed by atoms with E-state index in [0.29, 0.717) is 6.07 Å². The molecule has 1 rings (SSSR count). The first-order valence-corrected chi connectivity index (χ1v) is 6.28. The molecular weight excluding hydrogens is 424 g/mol. The number of ketones is 1. The maximum absolute atomic E-state index is 13.5. The molecule has 0 saturated heterocycles. The summed E-state index contributed by atoms with van der Waals surface area (Å²) in [5, 5.41) is -0.801. The minimum absolute atomic E-state index is 0.150. The summed E-state index contributed by atoms with van der Waals surface area (Å²) in [4.78, 5) is 11.4. The lowest BCUT2D eigenvalue weighted by Crippen LogP contribution is -2.63. The van der Waals surface area contributed by atoms with Crippen molar-refractivity contribution in [2.24, 2.45) is 0 Å². The molecule has 0 heterocycles. The van der Waals surface area contributed by atoms with Crippen LogP contribution in [0, 0.1) is 0 Å². The number of halogens is 13. The predicted octanol–water partition coefficient (Wildman–Crippen LogP) is 6.01. The second-order valence-corrected chi connectivity index (χ2v) is 5.17. The van der Waals surface area contributed by atoms with Gasteiger partial charge in [-0.25, -0.2) is 0 Å². The Hall–Kier alpha value is -1.66. The Morgan fingerprint density at radius 1 is 0.769 bits per heavy atom. The van der Waals surface area contributed by atoms with Gasteiger partial charge in [-0.1, -0.05) is 11.6 Å². The summed E-state index contributed by atoms with van der Waals surface area (Å²) < 4.78 is 153. The van der Waals surface area contributed by atoms with Gasteiger partial charge >= 0.3 is 30.1 Å². The number of alkyl halides is 12. The zero-order valence-electron chi connectivity index (χ0n) is 11.6. The van der Waals surface area contributed by atoms with Gasteiger partial charge in [0.1, 0.15) is 0 Å². The first kappa shape index (κ1) is 22.4. The zero-order valence-corrected chi connectivity index (χ0v) is 12.3. The van der Waals surface area contributed by atoms with Crippen LogP contribution in [0.15, 0.2) is 18.2 Å². The Labute approximate surface area is 140 Å². The predicted molar refractivity (Wildman–Crippen MR) is 61.7 cm³/mol. The topological polar surface area (TPSA) is 17.1 Å². The molecule has 0 unspecified atom stereocenters. The lowest BCUT2D eigenvalue weighted by Gasteiger charge is -2.33. The van der Waals surface area contributed by atoms with Crippen molar-refractivity contribution in [2.45, 2.75) is 30.1 Å². The van der Waals surface area contributed by atoms with Gasteiger partial charge in [0.05, 0.1) is 5.56 Å². The van der Waals surface area contributed by atoms with Crippen LogP contribution in [0.25, 0.3) is 0 Å². The van der Waals surface area contributed by atoms with E-state index in [2.05, 4.69) is 0 Å². The third kappa shape index (κ3) is 3.45. The number of Topliss-reactive ketones (excluding diaryl/α,β-unsaturated/α-hetero) is 1. The van der Waals surface area contributed by atoms with E-state index in [1.807, 2.05) is 0 Å². The normalized spacial score (nSPS) is 14.5. The lowest BCUT2D eigenvalue weighted by molar-refractivity contribution is -0.386. The SMILES string of the molecule is O=C(c1ccc(Cl)cc1C(F)(F)F)C(F)(F)C(F)(F)C(F)(F)C(F)(F)F. The molecule has 1 aromatic carbocycles. The molecule has 0 aromatic heterocycles. The highest BCUT2D eigenvalue weighted by molar-refractivity contribution is 6.30. The van der Waals surface area contributed by atoms with Crippen LogP contribution in [0.4, 0.5) is 52.7 Å². The van der Waals surface area contributed by atoms with Gasteiger partial charge in [-0.15, -0.1) is 0 Å². The van der Waals surface area contributed by atoms with Crippen molar-refractivity contribution in [1.82, 2.24) is 0 Å². The van der Waals surface area contributed by atoms with Crippen molar-refractivity contribution in [3.63, 3.8) is 0 Å². The molecule has 0 N–H and O–H groups in total. The monoisotopic (exact) mass is 426 g/mol. The van der Waals surface area contributed by atoms with Gasteiger partial charge < -0.3 is 0 Å². The fourth-order valence-corrected chi connectivity index (χ4v) is 1.81. The van der Waals surface area contributed by atoms with Crippen molar-refractivity contribution in [3.05, 3.63) is 34.3 Å². The number of benzene rings is 1. The fourth-order valence-electron chi connectivity index (χ4n) is 1.64. The van der Waals surface area contributed by atoms with Gasteiger partial charge in [0.2, 0.25) is 5.78 Å². The van der Waals surface area contributed by atoms with E-state index in [4.69, 9.17) is 11.6 Å². The lowest BCUT2D eigenvalue weighted by atomic mass is 9.93. The van der Waals surface area contributed by atoms with Crippen LogP contribution in [-0.2, 0) is 6.18 Å². The maximum Gasteiger partial charge on any atom is 0.460 e. The molecule has 0 spiro atoms. The average molecular weight is 427 g/mol. The molecule has 0 bridgehead atoms. The second-order valence-electron chi connectivity index (χ2n) is 4.74. The molecule has 0 amide bonds. The van der Waals surface area contributed by atoms with Crippen LogP contribution in [0.5, 0.6) is 0 Å². The summed E-state index contributed by atoms with van der Waals surface area (Å²) >= 11 is 5.15. The van der Waals surface area contributed by atoms with E-state index >= 15 is 0 Å². The van der Waals surface area contributed by atoms with Gasteiger partial charge in [-0.05, 0) is 18.2 Å². The second kappa shape index (κ2) is 6.20. The standard InChI is InChI=1S/C12H3ClF12O/c13-4-1-2-5(6(3-4)9(16,17)18)7(26)8(14,15)10(19,20)11(21,22)12(23,24)25/h1-3H. The quantitative estimate of drug-likeness (QED) is 0.426. The third-order valence-corrected chi connectivity index (χ3v) is 3.20. The van der Waals surface area contributed by atoms with E-state index in [9.17, 15) is 57.5 Å². The number of rotatable bonds is 4. The summed E-state index contributed by atoms with van der Waals surface area (Å²) in [5.74, 6) is -25.2. The average Bonchev–Trinajstić information content (AvgIpc) is 2.43. The molecule has 26 heavy (non-hydrogen) atoms. The summed E-state index contributed by atoms with van der Waals surface area (Å²) in [6, 6.07) is 0.0360. The van der Waals surface area contributed by atoms with E-state index in [1.54, 1.807) is 0 Å². The number of carbonyl (C=O) groups is 1. The highest BCUT2D eigenvalue weighted by Crippen LogP contribution is 2.54. The van der Waals surface area contributed by atoms with Crippen molar-refractivity contribution in [3.8, 4) is 0 Å².